The molecule has 0 saturated carbocycles. The fourth-order valence-electron chi connectivity index (χ4n) is 8.15. The topological polar surface area (TPSA) is 94.1 Å². The van der Waals surface area contributed by atoms with Crippen LogP contribution in [0.5, 0.6) is 0 Å². The van der Waals surface area contributed by atoms with Crippen LogP contribution in [0.15, 0.2) is 170 Å². The van der Waals surface area contributed by atoms with Crippen LogP contribution in [0.2, 0.25) is 0 Å². The maximum atomic E-state index is 11.1. The van der Waals surface area contributed by atoms with E-state index >= 15 is 0 Å². The summed E-state index contributed by atoms with van der Waals surface area (Å²) in [6, 6.07) is 60.1. The molecule has 0 aliphatic rings. The largest absolute Gasteiger partial charge is 0.309 e. The van der Waals surface area contributed by atoms with Gasteiger partial charge in [0.05, 0.1) is 62.3 Å². The minimum Gasteiger partial charge on any atom is -0.309 e. The summed E-state index contributed by atoms with van der Waals surface area (Å²) in [4.78, 5) is 4.35. The third kappa shape index (κ3) is 5.12. The summed E-state index contributed by atoms with van der Waals surface area (Å²) in [5.41, 5.74) is 13.0. The molecule has 3 heterocycles. The molecule has 6 nitrogen and oxygen atoms in total. The predicted octanol–water partition coefficient (Wildman–Crippen LogP) is 11.9. The van der Waals surface area contributed by atoms with Crippen molar-refractivity contribution in [3.05, 3.63) is 187 Å². The lowest BCUT2D eigenvalue weighted by molar-refractivity contribution is 1.13. The molecular weight excluding hydrogens is 685 g/mol. The Morgan fingerprint density at radius 2 is 0.875 bits per heavy atom. The highest BCUT2D eigenvalue weighted by molar-refractivity contribution is 6.12. The van der Waals surface area contributed by atoms with Gasteiger partial charge in [-0.2, -0.15) is 15.8 Å². The molecule has 0 spiro atoms. The minimum atomic E-state index is 0.515. The minimum absolute atomic E-state index is 0.515. The van der Waals surface area contributed by atoms with Crippen LogP contribution in [0, 0.1) is 34.0 Å². The van der Waals surface area contributed by atoms with E-state index < -0.39 is 0 Å². The van der Waals surface area contributed by atoms with Crippen LogP contribution in [0.4, 0.5) is 0 Å². The summed E-state index contributed by atoms with van der Waals surface area (Å²) in [5, 5.41) is 34.7. The van der Waals surface area contributed by atoms with E-state index in [0.29, 0.717) is 16.7 Å². The van der Waals surface area contributed by atoms with Crippen LogP contribution >= 0.6 is 0 Å². The summed E-state index contributed by atoms with van der Waals surface area (Å²) in [5.74, 6) is 0. The maximum Gasteiger partial charge on any atom is 0.101 e. The van der Waals surface area contributed by atoms with Gasteiger partial charge >= 0.3 is 0 Å². The van der Waals surface area contributed by atoms with Crippen molar-refractivity contribution in [3.63, 3.8) is 0 Å². The average Bonchev–Trinajstić information content (AvgIpc) is 3.78. The second-order valence-electron chi connectivity index (χ2n) is 13.8. The smallest absolute Gasteiger partial charge is 0.101 e. The molecule has 0 fully saturated rings. The van der Waals surface area contributed by atoms with Crippen molar-refractivity contribution in [2.75, 3.05) is 0 Å². The number of pyridine rings is 1. The molecule has 0 unspecified atom stereocenters. The third-order valence-electron chi connectivity index (χ3n) is 10.7. The second kappa shape index (κ2) is 13.0. The Morgan fingerprint density at radius 3 is 1.41 bits per heavy atom. The van der Waals surface area contributed by atoms with E-state index in [1.807, 2.05) is 84.9 Å². The van der Waals surface area contributed by atoms with Crippen LogP contribution < -0.4 is 0 Å². The monoisotopic (exact) mass is 712 g/mol. The number of rotatable bonds is 5. The van der Waals surface area contributed by atoms with E-state index in [9.17, 15) is 15.8 Å². The molecule has 10 rings (SSSR count). The Labute approximate surface area is 322 Å². The molecule has 0 aliphatic heterocycles. The van der Waals surface area contributed by atoms with E-state index in [-0.39, 0.29) is 0 Å². The van der Waals surface area contributed by atoms with Crippen molar-refractivity contribution in [2.45, 2.75) is 0 Å². The van der Waals surface area contributed by atoms with Gasteiger partial charge in [0.15, 0.2) is 0 Å². The Balaban J connectivity index is 1.29. The third-order valence-corrected chi connectivity index (χ3v) is 10.7. The first-order valence-electron chi connectivity index (χ1n) is 18.2. The molecule has 0 aliphatic carbocycles. The zero-order chi connectivity index (χ0) is 37.8. The van der Waals surface area contributed by atoms with Gasteiger partial charge in [-0.3, -0.25) is 4.98 Å². The van der Waals surface area contributed by atoms with Gasteiger partial charge < -0.3 is 9.13 Å². The van der Waals surface area contributed by atoms with Crippen molar-refractivity contribution in [3.8, 4) is 63.0 Å². The van der Waals surface area contributed by atoms with Crippen LogP contribution in [-0.4, -0.2) is 14.1 Å². The normalized spacial score (nSPS) is 11.2. The summed E-state index contributed by atoms with van der Waals surface area (Å²) in [6.45, 7) is 0. The molecule has 6 heteroatoms. The summed E-state index contributed by atoms with van der Waals surface area (Å²) < 4.78 is 4.45. The SMILES string of the molecule is N#Cc1cccc(-c2ccc3c4ccccc4n(-c4cc(-c5ccncc5)c(-n5c6ccccc6c6ccc(-c7cccc(C#N)c7)cc65)cc4C#N)c3c2)c1. The lowest BCUT2D eigenvalue weighted by atomic mass is 9.99. The number of hydrogen-bond acceptors (Lipinski definition) is 4. The number of benzene rings is 7. The lowest BCUT2D eigenvalue weighted by Crippen LogP contribution is -2.04. The van der Waals surface area contributed by atoms with Crippen LogP contribution in [0.3, 0.4) is 0 Å². The number of nitrogens with zero attached hydrogens (tertiary/aromatic N) is 6. The molecule has 10 aromatic rings. The molecular formula is C50H28N6. The number of para-hydroxylation sites is 2. The van der Waals surface area contributed by atoms with Gasteiger partial charge in [0.2, 0.25) is 0 Å². The second-order valence-corrected chi connectivity index (χ2v) is 13.8. The summed E-state index contributed by atoms with van der Waals surface area (Å²) >= 11 is 0. The highest BCUT2D eigenvalue weighted by Gasteiger charge is 2.22. The van der Waals surface area contributed by atoms with Gasteiger partial charge in [0.1, 0.15) is 6.07 Å². The van der Waals surface area contributed by atoms with E-state index in [1.54, 1.807) is 12.4 Å². The zero-order valence-electron chi connectivity index (χ0n) is 29.8. The Bertz CT molecular complexity index is 3350. The first-order valence-corrected chi connectivity index (χ1v) is 18.2. The Morgan fingerprint density at radius 1 is 0.375 bits per heavy atom. The van der Waals surface area contributed by atoms with E-state index in [4.69, 9.17) is 0 Å². The summed E-state index contributed by atoms with van der Waals surface area (Å²) in [7, 11) is 0. The fourth-order valence-corrected chi connectivity index (χ4v) is 8.15. The first-order chi connectivity index (χ1) is 27.6. The van der Waals surface area contributed by atoms with Gasteiger partial charge in [0.25, 0.3) is 0 Å². The number of hydrogen-bond donors (Lipinski definition) is 0. The van der Waals surface area contributed by atoms with E-state index in [1.165, 1.54) is 0 Å². The standard InChI is InChI=1S/C50H28N6/c51-29-32-7-5-9-35(23-32)37-15-17-42-40-11-1-3-13-45(40)55(48(42)25-37)47-28-44(34-19-21-54-22-20-34)50(27-39(47)31-53)56-46-14-4-2-12-41(46)43-18-16-38(26-49(43)56)36-10-6-8-33(24-36)30-52/h1-28H. The molecule has 0 N–H and O–H groups in total. The average molecular weight is 713 g/mol. The van der Waals surface area contributed by atoms with Gasteiger partial charge in [-0.05, 0) is 101 Å². The molecule has 258 valence electrons. The van der Waals surface area contributed by atoms with E-state index in [2.05, 4.69) is 105 Å². The van der Waals surface area contributed by atoms with Crippen molar-refractivity contribution in [1.82, 2.24) is 14.1 Å². The van der Waals surface area contributed by atoms with E-state index in [0.717, 1.165) is 88.4 Å². The molecule has 0 bridgehead atoms. The Hall–Kier alpha value is -8.24. The van der Waals surface area contributed by atoms with Gasteiger partial charge in [0, 0.05) is 39.5 Å². The molecule has 3 aromatic heterocycles. The quantitative estimate of drug-likeness (QED) is 0.177. The van der Waals surface area contributed by atoms with Crippen molar-refractivity contribution < 1.29 is 0 Å². The van der Waals surface area contributed by atoms with Gasteiger partial charge in [-0.1, -0.05) is 84.9 Å². The Kier molecular flexibility index (Phi) is 7.53. The number of nitriles is 3. The lowest BCUT2D eigenvalue weighted by Gasteiger charge is -2.19. The zero-order valence-corrected chi connectivity index (χ0v) is 29.8. The number of aromatic nitrogens is 3. The maximum absolute atomic E-state index is 11.1. The molecule has 56 heavy (non-hydrogen) atoms. The highest BCUT2D eigenvalue weighted by Crippen LogP contribution is 2.42. The van der Waals surface area contributed by atoms with Gasteiger partial charge in [-0.25, -0.2) is 0 Å². The predicted molar refractivity (Wildman–Crippen MR) is 223 cm³/mol. The first kappa shape index (κ1) is 32.4. The van der Waals surface area contributed by atoms with Crippen LogP contribution in [0.1, 0.15) is 16.7 Å². The number of fused-ring (bicyclic) bond motifs is 6. The molecule has 0 atom stereocenters. The molecule has 0 radical (unpaired) electrons. The van der Waals surface area contributed by atoms with Gasteiger partial charge in [-0.15, -0.1) is 0 Å². The fraction of sp³-hybridized carbons (Fsp3) is 0. The molecule has 0 amide bonds. The van der Waals surface area contributed by atoms with Crippen LogP contribution in [-0.2, 0) is 0 Å². The molecule has 7 aromatic carbocycles. The van der Waals surface area contributed by atoms with Crippen molar-refractivity contribution in [2.24, 2.45) is 0 Å². The molecule has 0 saturated heterocycles. The summed E-state index contributed by atoms with van der Waals surface area (Å²) in [6.07, 6.45) is 3.59. The van der Waals surface area contributed by atoms with Crippen molar-refractivity contribution in [1.29, 1.82) is 15.8 Å². The highest BCUT2D eigenvalue weighted by atomic mass is 15.0. The van der Waals surface area contributed by atoms with Crippen LogP contribution in [0.25, 0.3) is 88.4 Å². The van der Waals surface area contributed by atoms with Crippen molar-refractivity contribution >= 4 is 43.6 Å².